The minimum absolute atomic E-state index is 0.0982. The van der Waals surface area contributed by atoms with Gasteiger partial charge in [0.1, 0.15) is 5.75 Å². The fourth-order valence-corrected chi connectivity index (χ4v) is 2.91. The van der Waals surface area contributed by atoms with Crippen LogP contribution in [-0.2, 0) is 4.79 Å². The Bertz CT molecular complexity index is 708. The Morgan fingerprint density at radius 3 is 2.44 bits per heavy atom. The first kappa shape index (κ1) is 19.0. The number of nitrogens with two attached hydrogens (primary N) is 1. The van der Waals surface area contributed by atoms with E-state index in [2.05, 4.69) is 5.32 Å². The zero-order valence-corrected chi connectivity index (χ0v) is 15.5. The van der Waals surface area contributed by atoms with Crippen LogP contribution in [0.15, 0.2) is 48.5 Å². The molecule has 3 N–H and O–H groups in total. The second-order valence-electron chi connectivity index (χ2n) is 6.68. The van der Waals surface area contributed by atoms with Gasteiger partial charge in [0.25, 0.3) is 0 Å². The monoisotopic (exact) mass is 340 g/mol. The minimum Gasteiger partial charge on any atom is -0.496 e. The zero-order chi connectivity index (χ0) is 18.4. The molecule has 0 bridgehead atoms. The van der Waals surface area contributed by atoms with E-state index in [0.29, 0.717) is 6.42 Å². The number of rotatable bonds is 7. The van der Waals surface area contributed by atoms with Crippen molar-refractivity contribution in [3.05, 3.63) is 54.1 Å². The standard InChI is InChI=1S/C21H28N2O2/c1-5-14-21(3,22)20(24)23-15(2)16-10-12-17(13-11-16)18-8-6-7-9-19(18)25-4/h6-13,15H,5,14,22H2,1-4H3,(H,23,24). The Hall–Kier alpha value is -2.33. The van der Waals surface area contributed by atoms with Crippen molar-refractivity contribution >= 4 is 5.91 Å². The van der Waals surface area contributed by atoms with E-state index in [1.807, 2.05) is 62.4 Å². The molecule has 0 aliphatic carbocycles. The van der Waals surface area contributed by atoms with Gasteiger partial charge in [-0.1, -0.05) is 55.8 Å². The van der Waals surface area contributed by atoms with Crippen LogP contribution in [0.2, 0.25) is 0 Å². The molecule has 0 aliphatic rings. The first-order valence-electron chi connectivity index (χ1n) is 8.72. The molecule has 2 atom stereocenters. The Morgan fingerprint density at radius 1 is 1.20 bits per heavy atom. The summed E-state index contributed by atoms with van der Waals surface area (Å²) in [5.74, 6) is 0.728. The highest BCUT2D eigenvalue weighted by atomic mass is 16.5. The predicted molar refractivity (Wildman–Crippen MR) is 102 cm³/mol. The molecule has 4 heteroatoms. The van der Waals surface area contributed by atoms with Crippen LogP contribution in [0.4, 0.5) is 0 Å². The van der Waals surface area contributed by atoms with Gasteiger partial charge < -0.3 is 15.8 Å². The number of carbonyl (C=O) groups excluding carboxylic acids is 1. The van der Waals surface area contributed by atoms with Crippen LogP contribution in [0.1, 0.15) is 45.2 Å². The third kappa shape index (κ3) is 4.60. The summed E-state index contributed by atoms with van der Waals surface area (Å²) in [6.45, 7) is 5.78. The lowest BCUT2D eigenvalue weighted by Gasteiger charge is -2.25. The van der Waals surface area contributed by atoms with E-state index < -0.39 is 5.54 Å². The number of methoxy groups -OCH3 is 1. The Labute approximate surface area is 150 Å². The van der Waals surface area contributed by atoms with Gasteiger partial charge in [0.2, 0.25) is 5.91 Å². The summed E-state index contributed by atoms with van der Waals surface area (Å²) < 4.78 is 5.42. The highest BCUT2D eigenvalue weighted by Gasteiger charge is 2.28. The quantitative estimate of drug-likeness (QED) is 0.799. The first-order chi connectivity index (χ1) is 11.9. The van der Waals surface area contributed by atoms with Crippen molar-refractivity contribution in [1.29, 1.82) is 0 Å². The summed E-state index contributed by atoms with van der Waals surface area (Å²) in [6, 6.07) is 16.0. The van der Waals surface area contributed by atoms with E-state index >= 15 is 0 Å². The topological polar surface area (TPSA) is 64.4 Å². The molecule has 4 nitrogen and oxygen atoms in total. The van der Waals surface area contributed by atoms with Gasteiger partial charge >= 0.3 is 0 Å². The van der Waals surface area contributed by atoms with E-state index in [1.165, 1.54) is 0 Å². The Morgan fingerprint density at radius 2 is 1.84 bits per heavy atom. The largest absolute Gasteiger partial charge is 0.496 e. The van der Waals surface area contributed by atoms with Gasteiger partial charge in [0.15, 0.2) is 0 Å². The molecule has 25 heavy (non-hydrogen) atoms. The maximum Gasteiger partial charge on any atom is 0.240 e. The van der Waals surface area contributed by atoms with Gasteiger partial charge in [-0.2, -0.15) is 0 Å². The van der Waals surface area contributed by atoms with Crippen molar-refractivity contribution in [3.63, 3.8) is 0 Å². The third-order valence-electron chi connectivity index (χ3n) is 4.46. The summed E-state index contributed by atoms with van der Waals surface area (Å²) in [6.07, 6.45) is 1.54. The number of para-hydroxylation sites is 1. The van der Waals surface area contributed by atoms with Crippen molar-refractivity contribution in [2.75, 3.05) is 7.11 Å². The van der Waals surface area contributed by atoms with Crippen LogP contribution < -0.4 is 15.8 Å². The second kappa shape index (κ2) is 8.17. The lowest BCUT2D eigenvalue weighted by Crippen LogP contribution is -2.52. The van der Waals surface area contributed by atoms with Crippen molar-refractivity contribution in [3.8, 4) is 16.9 Å². The first-order valence-corrected chi connectivity index (χ1v) is 8.72. The van der Waals surface area contributed by atoms with Crippen LogP contribution in [0, 0.1) is 0 Å². The highest BCUT2D eigenvalue weighted by molar-refractivity contribution is 5.85. The summed E-state index contributed by atoms with van der Waals surface area (Å²) in [7, 11) is 1.67. The average molecular weight is 340 g/mol. The maximum absolute atomic E-state index is 12.4. The van der Waals surface area contributed by atoms with Gasteiger partial charge in [-0.05, 0) is 37.5 Å². The number of amides is 1. The second-order valence-corrected chi connectivity index (χ2v) is 6.68. The van der Waals surface area contributed by atoms with E-state index in [9.17, 15) is 4.79 Å². The summed E-state index contributed by atoms with van der Waals surface area (Å²) >= 11 is 0. The van der Waals surface area contributed by atoms with Crippen LogP contribution in [0.3, 0.4) is 0 Å². The highest BCUT2D eigenvalue weighted by Crippen LogP contribution is 2.30. The zero-order valence-electron chi connectivity index (χ0n) is 15.5. The number of hydrogen-bond acceptors (Lipinski definition) is 3. The van der Waals surface area contributed by atoms with Crippen LogP contribution in [-0.4, -0.2) is 18.6 Å². The molecular formula is C21H28N2O2. The molecule has 2 unspecified atom stereocenters. The smallest absolute Gasteiger partial charge is 0.240 e. The fourth-order valence-electron chi connectivity index (χ4n) is 2.91. The molecule has 0 aliphatic heterocycles. The lowest BCUT2D eigenvalue weighted by molar-refractivity contribution is -0.126. The molecule has 0 spiro atoms. The normalized spacial score (nSPS) is 14.4. The molecule has 0 fully saturated rings. The van der Waals surface area contributed by atoms with Crippen LogP contribution in [0.5, 0.6) is 5.75 Å². The molecule has 2 aromatic rings. The van der Waals surface area contributed by atoms with Crippen molar-refractivity contribution in [2.45, 2.75) is 45.2 Å². The van der Waals surface area contributed by atoms with E-state index in [1.54, 1.807) is 14.0 Å². The van der Waals surface area contributed by atoms with E-state index in [4.69, 9.17) is 10.5 Å². The predicted octanol–water partition coefficient (Wildman–Crippen LogP) is 4.06. The molecule has 0 saturated carbocycles. The molecule has 134 valence electrons. The number of hydrogen-bond donors (Lipinski definition) is 2. The van der Waals surface area contributed by atoms with Crippen LogP contribution >= 0.6 is 0 Å². The average Bonchev–Trinajstić information content (AvgIpc) is 2.61. The van der Waals surface area contributed by atoms with E-state index in [0.717, 1.165) is 28.9 Å². The van der Waals surface area contributed by atoms with E-state index in [-0.39, 0.29) is 11.9 Å². The molecular weight excluding hydrogens is 312 g/mol. The molecule has 2 rings (SSSR count). The van der Waals surface area contributed by atoms with Crippen molar-refractivity contribution < 1.29 is 9.53 Å². The van der Waals surface area contributed by atoms with Gasteiger partial charge in [-0.15, -0.1) is 0 Å². The molecule has 1 amide bonds. The fraction of sp³-hybridized carbons (Fsp3) is 0.381. The Balaban J connectivity index is 2.13. The van der Waals surface area contributed by atoms with Gasteiger partial charge in [0, 0.05) is 5.56 Å². The Kier molecular flexibility index (Phi) is 6.21. The number of nitrogens with one attached hydrogen (secondary N) is 1. The molecule has 2 aromatic carbocycles. The third-order valence-corrected chi connectivity index (χ3v) is 4.46. The van der Waals surface area contributed by atoms with Gasteiger partial charge in [-0.3, -0.25) is 4.79 Å². The SMILES string of the molecule is CCCC(C)(N)C(=O)NC(C)c1ccc(-c2ccccc2OC)cc1. The maximum atomic E-state index is 12.4. The number of benzene rings is 2. The minimum atomic E-state index is -0.833. The number of carbonyl (C=O) groups is 1. The molecule has 0 aromatic heterocycles. The molecule has 0 heterocycles. The number of ether oxygens (including phenoxy) is 1. The van der Waals surface area contributed by atoms with Gasteiger partial charge in [-0.25, -0.2) is 0 Å². The molecule has 0 saturated heterocycles. The lowest BCUT2D eigenvalue weighted by atomic mass is 9.95. The van der Waals surface area contributed by atoms with Crippen LogP contribution in [0.25, 0.3) is 11.1 Å². The van der Waals surface area contributed by atoms with Gasteiger partial charge in [0.05, 0.1) is 18.7 Å². The summed E-state index contributed by atoms with van der Waals surface area (Å²) in [5.41, 5.74) is 8.44. The van der Waals surface area contributed by atoms with Crippen molar-refractivity contribution in [2.24, 2.45) is 5.73 Å². The summed E-state index contributed by atoms with van der Waals surface area (Å²) in [5, 5.41) is 3.01. The summed E-state index contributed by atoms with van der Waals surface area (Å²) in [4.78, 5) is 12.4. The molecule has 0 radical (unpaired) electrons. The van der Waals surface area contributed by atoms with Crippen molar-refractivity contribution in [1.82, 2.24) is 5.32 Å².